The van der Waals surface area contributed by atoms with Crippen LogP contribution in [-0.4, -0.2) is 36.9 Å². The second kappa shape index (κ2) is 8.48. The van der Waals surface area contributed by atoms with E-state index in [1.165, 1.54) is 5.56 Å². The summed E-state index contributed by atoms with van der Waals surface area (Å²) in [4.78, 5) is 20.2. The summed E-state index contributed by atoms with van der Waals surface area (Å²) in [5.41, 5.74) is 3.10. The molecule has 3 aromatic rings. The first-order valence-electron chi connectivity index (χ1n) is 10.8. The van der Waals surface area contributed by atoms with Crippen molar-refractivity contribution in [3.63, 3.8) is 0 Å². The van der Waals surface area contributed by atoms with Crippen molar-refractivity contribution < 1.29 is 19.0 Å². The lowest BCUT2D eigenvalue weighted by Gasteiger charge is -2.23. The number of thiazole rings is 1. The molecule has 1 fully saturated rings. The maximum Gasteiger partial charge on any atom is 0.233 e. The van der Waals surface area contributed by atoms with Crippen LogP contribution in [0.3, 0.4) is 0 Å². The molecule has 162 valence electrons. The van der Waals surface area contributed by atoms with Gasteiger partial charge in [0, 0.05) is 6.61 Å². The Morgan fingerprint density at radius 3 is 2.90 bits per heavy atom. The molecular formula is C24H26N2O4S. The molecule has 1 atom stereocenters. The minimum Gasteiger partial charge on any atom is -0.454 e. The van der Waals surface area contributed by atoms with Crippen LogP contribution in [0.4, 0.5) is 5.13 Å². The van der Waals surface area contributed by atoms with E-state index in [0.29, 0.717) is 18.2 Å². The van der Waals surface area contributed by atoms with Crippen molar-refractivity contribution in [2.24, 2.45) is 0 Å². The van der Waals surface area contributed by atoms with E-state index in [2.05, 4.69) is 32.0 Å². The molecule has 0 unspecified atom stereocenters. The predicted molar refractivity (Wildman–Crippen MR) is 121 cm³/mol. The van der Waals surface area contributed by atoms with Gasteiger partial charge in [-0.2, -0.15) is 0 Å². The number of ether oxygens (including phenoxy) is 3. The van der Waals surface area contributed by atoms with Gasteiger partial charge in [-0.1, -0.05) is 43.4 Å². The van der Waals surface area contributed by atoms with Crippen LogP contribution in [0.25, 0.3) is 10.2 Å². The van der Waals surface area contributed by atoms with E-state index in [9.17, 15) is 4.79 Å². The Hall–Kier alpha value is -2.64. The van der Waals surface area contributed by atoms with Gasteiger partial charge in [-0.25, -0.2) is 4.98 Å². The average Bonchev–Trinajstić information content (AvgIpc) is 3.50. The van der Waals surface area contributed by atoms with Gasteiger partial charge < -0.3 is 14.2 Å². The standard InChI is InChI=1S/C24H26N2O4S/c1-15(2)18-6-3-7-21-23(18)25-24(31-21)26(13-17-5-4-10-28-17)22(27)12-16-8-9-19-20(11-16)30-14-29-19/h3,6-9,11,15,17H,4-5,10,12-14H2,1-2H3/t17-/m1/s1. The van der Waals surface area contributed by atoms with Gasteiger partial charge in [-0.15, -0.1) is 0 Å². The van der Waals surface area contributed by atoms with Crippen molar-refractivity contribution in [2.75, 3.05) is 24.8 Å². The topological polar surface area (TPSA) is 60.9 Å². The minimum absolute atomic E-state index is 0.0134. The predicted octanol–water partition coefficient (Wildman–Crippen LogP) is 4.90. The Kier molecular flexibility index (Phi) is 5.54. The second-order valence-corrected chi connectivity index (χ2v) is 9.36. The van der Waals surface area contributed by atoms with Gasteiger partial charge in [0.05, 0.1) is 29.3 Å². The van der Waals surface area contributed by atoms with E-state index in [0.717, 1.165) is 46.1 Å². The van der Waals surface area contributed by atoms with Gasteiger partial charge in [0.15, 0.2) is 16.6 Å². The maximum atomic E-state index is 13.5. The molecule has 0 N–H and O–H groups in total. The number of carbonyl (C=O) groups excluding carboxylic acids is 1. The molecule has 6 nitrogen and oxygen atoms in total. The fourth-order valence-corrected chi connectivity index (χ4v) is 5.17. The van der Waals surface area contributed by atoms with Crippen molar-refractivity contribution in [3.05, 3.63) is 47.5 Å². The highest BCUT2D eigenvalue weighted by molar-refractivity contribution is 7.22. The summed E-state index contributed by atoms with van der Waals surface area (Å²) < 4.78 is 17.8. The number of benzene rings is 2. The highest BCUT2D eigenvalue weighted by Crippen LogP contribution is 2.35. The lowest BCUT2D eigenvalue weighted by atomic mass is 10.0. The summed E-state index contributed by atoms with van der Waals surface area (Å²) in [5.74, 6) is 1.80. The summed E-state index contributed by atoms with van der Waals surface area (Å²) in [6.07, 6.45) is 2.33. The van der Waals surface area contributed by atoms with Crippen LogP contribution in [0, 0.1) is 0 Å². The van der Waals surface area contributed by atoms with Crippen LogP contribution in [0.5, 0.6) is 11.5 Å². The number of para-hydroxylation sites is 1. The molecule has 2 aliphatic heterocycles. The highest BCUT2D eigenvalue weighted by atomic mass is 32.1. The van der Waals surface area contributed by atoms with E-state index in [4.69, 9.17) is 19.2 Å². The zero-order chi connectivity index (χ0) is 21.4. The summed E-state index contributed by atoms with van der Waals surface area (Å²) >= 11 is 1.57. The number of aromatic nitrogens is 1. The largest absolute Gasteiger partial charge is 0.454 e. The van der Waals surface area contributed by atoms with Crippen LogP contribution in [0.15, 0.2) is 36.4 Å². The third kappa shape index (κ3) is 4.12. The monoisotopic (exact) mass is 438 g/mol. The molecule has 0 spiro atoms. The molecule has 1 amide bonds. The Bertz CT molecular complexity index is 1100. The van der Waals surface area contributed by atoms with Crippen LogP contribution < -0.4 is 14.4 Å². The first-order valence-corrected chi connectivity index (χ1v) is 11.6. The number of rotatable bonds is 6. The number of hydrogen-bond donors (Lipinski definition) is 0. The quantitative estimate of drug-likeness (QED) is 0.548. The normalized spacial score (nSPS) is 17.6. The summed E-state index contributed by atoms with van der Waals surface area (Å²) in [6, 6.07) is 11.9. The maximum absolute atomic E-state index is 13.5. The zero-order valence-electron chi connectivity index (χ0n) is 17.8. The fraction of sp³-hybridized carbons (Fsp3) is 0.417. The molecule has 0 aliphatic carbocycles. The fourth-order valence-electron chi connectivity index (χ4n) is 4.14. The van der Waals surface area contributed by atoms with E-state index in [1.54, 1.807) is 11.3 Å². The molecule has 1 aromatic heterocycles. The SMILES string of the molecule is CC(C)c1cccc2sc(N(C[C@H]3CCCO3)C(=O)Cc3ccc4c(c3)OCO4)nc12. The van der Waals surface area contributed by atoms with Crippen LogP contribution >= 0.6 is 11.3 Å². The van der Waals surface area contributed by atoms with Gasteiger partial charge in [0.2, 0.25) is 12.7 Å². The number of carbonyl (C=O) groups is 1. The third-order valence-corrected chi connectivity index (χ3v) is 6.84. The number of fused-ring (bicyclic) bond motifs is 2. The molecule has 5 rings (SSSR count). The Morgan fingerprint density at radius 2 is 2.10 bits per heavy atom. The van der Waals surface area contributed by atoms with Crippen molar-refractivity contribution in [2.45, 2.75) is 45.1 Å². The van der Waals surface area contributed by atoms with Crippen LogP contribution in [-0.2, 0) is 16.0 Å². The van der Waals surface area contributed by atoms with Gasteiger partial charge in [0.25, 0.3) is 0 Å². The lowest BCUT2D eigenvalue weighted by Crippen LogP contribution is -2.38. The summed E-state index contributed by atoms with van der Waals surface area (Å²) in [5, 5.41) is 0.740. The van der Waals surface area contributed by atoms with Gasteiger partial charge in [0.1, 0.15) is 0 Å². The zero-order valence-corrected chi connectivity index (χ0v) is 18.6. The summed E-state index contributed by atoms with van der Waals surface area (Å²) in [7, 11) is 0. The Labute approximate surface area is 185 Å². The van der Waals surface area contributed by atoms with Gasteiger partial charge in [-0.3, -0.25) is 9.69 Å². The van der Waals surface area contributed by atoms with E-state index in [-0.39, 0.29) is 25.2 Å². The van der Waals surface area contributed by atoms with E-state index in [1.807, 2.05) is 23.1 Å². The number of amides is 1. The molecule has 0 saturated carbocycles. The van der Waals surface area contributed by atoms with Crippen LogP contribution in [0.1, 0.15) is 43.7 Å². The second-order valence-electron chi connectivity index (χ2n) is 8.35. The first kappa shape index (κ1) is 20.3. The number of hydrogen-bond acceptors (Lipinski definition) is 6. The molecule has 7 heteroatoms. The molecule has 31 heavy (non-hydrogen) atoms. The van der Waals surface area contributed by atoms with Crippen molar-refractivity contribution >= 4 is 32.6 Å². The molecule has 0 radical (unpaired) electrons. The Balaban J connectivity index is 1.45. The highest BCUT2D eigenvalue weighted by Gasteiger charge is 2.27. The van der Waals surface area contributed by atoms with Gasteiger partial charge >= 0.3 is 0 Å². The molecular weight excluding hydrogens is 412 g/mol. The van der Waals surface area contributed by atoms with Crippen molar-refractivity contribution in [3.8, 4) is 11.5 Å². The summed E-state index contributed by atoms with van der Waals surface area (Å²) in [6.45, 7) is 5.85. The molecule has 1 saturated heterocycles. The lowest BCUT2D eigenvalue weighted by molar-refractivity contribution is -0.118. The molecule has 3 heterocycles. The Morgan fingerprint density at radius 1 is 1.23 bits per heavy atom. The molecule has 2 aliphatic rings. The van der Waals surface area contributed by atoms with Crippen molar-refractivity contribution in [1.82, 2.24) is 4.98 Å². The molecule has 2 aromatic carbocycles. The number of nitrogens with zero attached hydrogens (tertiary/aromatic N) is 2. The average molecular weight is 439 g/mol. The van der Waals surface area contributed by atoms with E-state index >= 15 is 0 Å². The van der Waals surface area contributed by atoms with Gasteiger partial charge in [-0.05, 0) is 48.1 Å². The van der Waals surface area contributed by atoms with Crippen molar-refractivity contribution in [1.29, 1.82) is 0 Å². The van der Waals surface area contributed by atoms with Crippen LogP contribution in [0.2, 0.25) is 0 Å². The number of anilines is 1. The minimum atomic E-state index is 0.0134. The van der Waals surface area contributed by atoms with E-state index < -0.39 is 0 Å². The first-order chi connectivity index (χ1) is 15.1. The smallest absolute Gasteiger partial charge is 0.233 e. The molecule has 0 bridgehead atoms. The third-order valence-electron chi connectivity index (χ3n) is 5.80.